The molecule has 0 aliphatic heterocycles. The van der Waals surface area contributed by atoms with Gasteiger partial charge >= 0.3 is 0 Å². The van der Waals surface area contributed by atoms with Gasteiger partial charge in [0.25, 0.3) is 0 Å². The monoisotopic (exact) mass is 272 g/mol. The van der Waals surface area contributed by atoms with Gasteiger partial charge < -0.3 is 5.73 Å². The van der Waals surface area contributed by atoms with Crippen molar-refractivity contribution in [3.05, 3.63) is 52.2 Å². The van der Waals surface area contributed by atoms with Gasteiger partial charge in [-0.3, -0.25) is 4.90 Å². The van der Waals surface area contributed by atoms with Gasteiger partial charge in [-0.05, 0) is 59.3 Å². The molecule has 2 nitrogen and oxygen atoms in total. The lowest BCUT2D eigenvalue weighted by Crippen LogP contribution is -2.27. The molecule has 1 aromatic carbocycles. The van der Waals surface area contributed by atoms with Crippen molar-refractivity contribution >= 4 is 17.0 Å². The van der Waals surface area contributed by atoms with Gasteiger partial charge in [0.2, 0.25) is 0 Å². The molecule has 19 heavy (non-hydrogen) atoms. The molecule has 0 unspecified atom stereocenters. The van der Waals surface area contributed by atoms with Crippen molar-refractivity contribution in [2.24, 2.45) is 0 Å². The maximum absolute atomic E-state index is 5.74. The maximum atomic E-state index is 5.74. The molecule has 0 radical (unpaired) electrons. The molecule has 1 fully saturated rings. The number of anilines is 1. The van der Waals surface area contributed by atoms with Crippen LogP contribution in [0.25, 0.3) is 0 Å². The van der Waals surface area contributed by atoms with E-state index >= 15 is 0 Å². The van der Waals surface area contributed by atoms with Crippen LogP contribution in [0.3, 0.4) is 0 Å². The first-order chi connectivity index (χ1) is 9.31. The first-order valence-electron chi connectivity index (χ1n) is 6.91. The highest BCUT2D eigenvalue weighted by Crippen LogP contribution is 2.28. The number of nitrogens with two attached hydrogens (primary N) is 1. The lowest BCUT2D eigenvalue weighted by atomic mass is 10.1. The topological polar surface area (TPSA) is 29.3 Å². The molecule has 0 bridgehead atoms. The molecular formula is C16H20N2S. The highest BCUT2D eigenvalue weighted by Gasteiger charge is 2.28. The van der Waals surface area contributed by atoms with Gasteiger partial charge in [0.05, 0.1) is 0 Å². The molecular weight excluding hydrogens is 252 g/mol. The van der Waals surface area contributed by atoms with Crippen LogP contribution >= 0.6 is 11.3 Å². The number of rotatable bonds is 6. The number of thiophene rings is 1. The average molecular weight is 272 g/mol. The molecule has 1 aliphatic rings. The number of nitrogens with zero attached hydrogens (tertiary/aromatic N) is 1. The summed E-state index contributed by atoms with van der Waals surface area (Å²) in [6.45, 7) is 2.21. The normalized spacial score (nSPS) is 15.0. The van der Waals surface area contributed by atoms with Crippen molar-refractivity contribution in [3.8, 4) is 0 Å². The van der Waals surface area contributed by atoms with Gasteiger partial charge in [-0.15, -0.1) is 0 Å². The lowest BCUT2D eigenvalue weighted by molar-refractivity contribution is 0.258. The second kappa shape index (κ2) is 5.76. The number of nitrogen functional groups attached to an aromatic ring is 1. The van der Waals surface area contributed by atoms with E-state index in [-0.39, 0.29) is 0 Å². The molecule has 2 aromatic rings. The van der Waals surface area contributed by atoms with Crippen LogP contribution in [-0.4, -0.2) is 17.5 Å². The minimum absolute atomic E-state index is 0.802. The summed E-state index contributed by atoms with van der Waals surface area (Å²) in [4.78, 5) is 2.61. The quantitative estimate of drug-likeness (QED) is 0.815. The van der Waals surface area contributed by atoms with Crippen LogP contribution in [0.2, 0.25) is 0 Å². The van der Waals surface area contributed by atoms with E-state index in [0.717, 1.165) is 31.2 Å². The Bertz CT molecular complexity index is 500. The summed E-state index contributed by atoms with van der Waals surface area (Å²) in [5.41, 5.74) is 9.42. The second-order valence-corrected chi connectivity index (χ2v) is 6.10. The summed E-state index contributed by atoms with van der Waals surface area (Å²) < 4.78 is 0. The zero-order chi connectivity index (χ0) is 13.1. The number of hydrogen-bond donors (Lipinski definition) is 1. The first kappa shape index (κ1) is 12.7. The molecule has 0 atom stereocenters. The van der Waals surface area contributed by atoms with Crippen LogP contribution in [0.5, 0.6) is 0 Å². The average Bonchev–Trinajstić information content (AvgIpc) is 3.13. The van der Waals surface area contributed by atoms with Gasteiger partial charge in [0, 0.05) is 24.8 Å². The first-order valence-corrected chi connectivity index (χ1v) is 7.85. The zero-order valence-corrected chi connectivity index (χ0v) is 11.9. The molecule has 3 heteroatoms. The molecule has 1 aliphatic carbocycles. The van der Waals surface area contributed by atoms with Crippen LogP contribution in [0, 0.1) is 0 Å². The van der Waals surface area contributed by atoms with Crippen molar-refractivity contribution in [1.29, 1.82) is 0 Å². The minimum atomic E-state index is 0.802. The third-order valence-corrected chi connectivity index (χ3v) is 4.43. The molecule has 1 aromatic heterocycles. The third kappa shape index (κ3) is 3.58. The standard InChI is InChI=1S/C16H20N2S/c17-15-3-1-13(2-4-15)11-18(16-5-6-16)9-7-14-8-10-19-12-14/h1-4,8,10,12,16H,5-7,9,11,17H2. The minimum Gasteiger partial charge on any atom is -0.399 e. The molecule has 1 saturated carbocycles. The van der Waals surface area contributed by atoms with E-state index in [4.69, 9.17) is 5.73 Å². The van der Waals surface area contributed by atoms with E-state index in [1.54, 1.807) is 11.3 Å². The summed E-state index contributed by atoms with van der Waals surface area (Å²) in [5, 5.41) is 4.42. The van der Waals surface area contributed by atoms with Crippen LogP contribution in [-0.2, 0) is 13.0 Å². The Balaban J connectivity index is 1.59. The molecule has 100 valence electrons. The SMILES string of the molecule is Nc1ccc(CN(CCc2ccsc2)C2CC2)cc1. The van der Waals surface area contributed by atoms with E-state index in [1.807, 2.05) is 12.1 Å². The molecule has 1 heterocycles. The van der Waals surface area contributed by atoms with E-state index in [0.29, 0.717) is 0 Å². The predicted octanol–water partition coefficient (Wildman–Crippen LogP) is 3.54. The van der Waals surface area contributed by atoms with Crippen molar-refractivity contribution in [1.82, 2.24) is 4.90 Å². The van der Waals surface area contributed by atoms with E-state index < -0.39 is 0 Å². The molecule has 0 saturated heterocycles. The van der Waals surface area contributed by atoms with E-state index in [9.17, 15) is 0 Å². The van der Waals surface area contributed by atoms with Crippen LogP contribution < -0.4 is 5.73 Å². The van der Waals surface area contributed by atoms with Gasteiger partial charge in [-0.1, -0.05) is 12.1 Å². The molecule has 3 rings (SSSR count). The number of benzene rings is 1. The maximum Gasteiger partial charge on any atom is 0.0314 e. The summed E-state index contributed by atoms with van der Waals surface area (Å²) >= 11 is 1.79. The Morgan fingerprint density at radius 2 is 1.89 bits per heavy atom. The fourth-order valence-electron chi connectivity index (χ4n) is 2.40. The summed E-state index contributed by atoms with van der Waals surface area (Å²) in [5.74, 6) is 0. The van der Waals surface area contributed by atoms with E-state index in [1.165, 1.54) is 24.0 Å². The van der Waals surface area contributed by atoms with E-state index in [2.05, 4.69) is 33.9 Å². The van der Waals surface area contributed by atoms with Crippen molar-refractivity contribution in [2.45, 2.75) is 31.8 Å². The molecule has 0 spiro atoms. The molecule has 2 N–H and O–H groups in total. The van der Waals surface area contributed by atoms with Crippen LogP contribution in [0.15, 0.2) is 41.1 Å². The Morgan fingerprint density at radius 1 is 1.11 bits per heavy atom. The smallest absolute Gasteiger partial charge is 0.0314 e. The van der Waals surface area contributed by atoms with Gasteiger partial charge in [0.1, 0.15) is 0 Å². The Hall–Kier alpha value is -1.32. The molecule has 0 amide bonds. The lowest BCUT2D eigenvalue weighted by Gasteiger charge is -2.22. The second-order valence-electron chi connectivity index (χ2n) is 5.32. The summed E-state index contributed by atoms with van der Waals surface area (Å²) in [6.07, 6.45) is 3.88. The Kier molecular flexibility index (Phi) is 3.85. The summed E-state index contributed by atoms with van der Waals surface area (Å²) in [6, 6.07) is 11.3. The highest BCUT2D eigenvalue weighted by atomic mass is 32.1. The summed E-state index contributed by atoms with van der Waals surface area (Å²) in [7, 11) is 0. The largest absolute Gasteiger partial charge is 0.399 e. The third-order valence-electron chi connectivity index (χ3n) is 3.70. The van der Waals surface area contributed by atoms with Gasteiger partial charge in [0.15, 0.2) is 0 Å². The van der Waals surface area contributed by atoms with Crippen molar-refractivity contribution < 1.29 is 0 Å². The number of hydrogen-bond acceptors (Lipinski definition) is 3. The van der Waals surface area contributed by atoms with Crippen molar-refractivity contribution in [3.63, 3.8) is 0 Å². The Labute approximate surface area is 118 Å². The van der Waals surface area contributed by atoms with Gasteiger partial charge in [-0.2, -0.15) is 11.3 Å². The van der Waals surface area contributed by atoms with Crippen LogP contribution in [0.4, 0.5) is 5.69 Å². The Morgan fingerprint density at radius 3 is 2.53 bits per heavy atom. The van der Waals surface area contributed by atoms with Crippen molar-refractivity contribution in [2.75, 3.05) is 12.3 Å². The van der Waals surface area contributed by atoms with Crippen LogP contribution in [0.1, 0.15) is 24.0 Å². The zero-order valence-electron chi connectivity index (χ0n) is 11.1. The van der Waals surface area contributed by atoms with Gasteiger partial charge in [-0.25, -0.2) is 0 Å². The fourth-order valence-corrected chi connectivity index (χ4v) is 3.10. The predicted molar refractivity (Wildman–Crippen MR) is 82.3 cm³/mol. The fraction of sp³-hybridized carbons (Fsp3) is 0.375. The highest BCUT2D eigenvalue weighted by molar-refractivity contribution is 7.07.